The van der Waals surface area contributed by atoms with Gasteiger partial charge >= 0.3 is 0 Å². The summed E-state index contributed by atoms with van der Waals surface area (Å²) in [5.74, 6) is 0.716. The van der Waals surface area contributed by atoms with Gasteiger partial charge in [-0.3, -0.25) is 0 Å². The maximum Gasteiger partial charge on any atom is 0.161 e. The second kappa shape index (κ2) is 12.7. The first-order chi connectivity index (χ1) is 27.5. The van der Waals surface area contributed by atoms with Crippen LogP contribution in [-0.2, 0) is 5.41 Å². The molecule has 0 N–H and O–H groups in total. The fraction of sp³-hybridized carbons (Fsp3) is 0.0566. The van der Waals surface area contributed by atoms with Gasteiger partial charge in [0.2, 0.25) is 0 Å². The molecule has 10 aromatic rings. The maximum atomic E-state index is 5.36. The van der Waals surface area contributed by atoms with E-state index >= 15 is 0 Å². The van der Waals surface area contributed by atoms with Crippen LogP contribution in [0.3, 0.4) is 0 Å². The third-order valence-electron chi connectivity index (χ3n) is 11.7. The zero-order valence-electron chi connectivity index (χ0n) is 31.1. The minimum Gasteiger partial charge on any atom is -0.228 e. The SMILES string of the molecule is CC1(C)c2ccccc2-c2cc(-c3ccc(-c4nc(-c5ccc(-c6ccccc6)cc5)cc(-c5ccc6c(c5)sc5ccccc56)n4)c4ccccc34)ccc21. The number of thiophene rings is 1. The molecule has 8 aromatic carbocycles. The van der Waals surface area contributed by atoms with E-state index in [1.165, 1.54) is 70.1 Å². The lowest BCUT2D eigenvalue weighted by molar-refractivity contribution is 0.660. The number of aromatic nitrogens is 2. The van der Waals surface area contributed by atoms with Crippen molar-refractivity contribution in [1.29, 1.82) is 0 Å². The summed E-state index contributed by atoms with van der Waals surface area (Å²) in [5, 5.41) is 4.89. The summed E-state index contributed by atoms with van der Waals surface area (Å²) in [6.45, 7) is 4.67. The zero-order valence-corrected chi connectivity index (χ0v) is 31.9. The van der Waals surface area contributed by atoms with E-state index < -0.39 is 0 Å². The van der Waals surface area contributed by atoms with Crippen molar-refractivity contribution in [1.82, 2.24) is 9.97 Å². The second-order valence-electron chi connectivity index (χ2n) is 15.4. The molecule has 2 aromatic heterocycles. The van der Waals surface area contributed by atoms with Crippen LogP contribution in [0.1, 0.15) is 25.0 Å². The van der Waals surface area contributed by atoms with E-state index in [9.17, 15) is 0 Å². The molecule has 0 saturated carbocycles. The molecule has 0 atom stereocenters. The van der Waals surface area contributed by atoms with E-state index in [0.29, 0.717) is 5.82 Å². The third kappa shape index (κ3) is 5.23. The predicted molar refractivity (Wildman–Crippen MR) is 237 cm³/mol. The number of nitrogens with zero attached hydrogens (tertiary/aromatic N) is 2. The van der Waals surface area contributed by atoms with Gasteiger partial charge in [-0.25, -0.2) is 9.97 Å². The molecule has 3 heteroatoms. The average Bonchev–Trinajstić information content (AvgIpc) is 3.74. The van der Waals surface area contributed by atoms with Crippen molar-refractivity contribution in [3.8, 4) is 67.3 Å². The molecule has 56 heavy (non-hydrogen) atoms. The Morgan fingerprint density at radius 2 is 0.929 bits per heavy atom. The largest absolute Gasteiger partial charge is 0.228 e. The lowest BCUT2D eigenvalue weighted by Gasteiger charge is -2.21. The Balaban J connectivity index is 1.07. The molecule has 264 valence electrons. The zero-order chi connectivity index (χ0) is 37.4. The summed E-state index contributed by atoms with van der Waals surface area (Å²) >= 11 is 1.83. The van der Waals surface area contributed by atoms with Gasteiger partial charge in [0.1, 0.15) is 0 Å². The molecule has 1 aliphatic rings. The standard InChI is InChI=1S/C53H36N2S/c1-53(2)46-18-10-8-16-41(46)45-30-36(25-29-47(45)53)38-27-28-44(40-15-7-6-14-39(38)40)52-54-48(35-22-20-34(21-23-35)33-12-4-3-5-13-33)32-49(55-52)37-24-26-43-42-17-9-11-19-50(42)56-51(43)31-37/h3-32H,1-2H3. The number of hydrogen-bond acceptors (Lipinski definition) is 3. The molecule has 2 heterocycles. The van der Waals surface area contributed by atoms with Crippen molar-refractivity contribution in [2.24, 2.45) is 0 Å². The molecule has 0 spiro atoms. The quantitative estimate of drug-likeness (QED) is 0.176. The van der Waals surface area contributed by atoms with Crippen LogP contribution in [0, 0.1) is 0 Å². The van der Waals surface area contributed by atoms with Crippen LogP contribution >= 0.6 is 11.3 Å². The van der Waals surface area contributed by atoms with Gasteiger partial charge in [-0.1, -0.05) is 166 Å². The van der Waals surface area contributed by atoms with Crippen LogP contribution in [0.5, 0.6) is 0 Å². The fourth-order valence-electron chi connectivity index (χ4n) is 8.85. The van der Waals surface area contributed by atoms with Crippen LogP contribution in [0.2, 0.25) is 0 Å². The van der Waals surface area contributed by atoms with Gasteiger partial charge in [0.25, 0.3) is 0 Å². The number of benzene rings is 8. The summed E-state index contributed by atoms with van der Waals surface area (Å²) in [7, 11) is 0. The highest BCUT2D eigenvalue weighted by molar-refractivity contribution is 7.25. The van der Waals surface area contributed by atoms with Crippen molar-refractivity contribution < 1.29 is 0 Å². The molecule has 11 rings (SSSR count). The summed E-state index contributed by atoms with van der Waals surface area (Å²) in [6.07, 6.45) is 0. The average molecular weight is 733 g/mol. The number of hydrogen-bond donors (Lipinski definition) is 0. The highest BCUT2D eigenvalue weighted by atomic mass is 32.1. The molecule has 0 radical (unpaired) electrons. The number of rotatable bonds is 5. The summed E-state index contributed by atoms with van der Waals surface area (Å²) in [4.78, 5) is 10.7. The highest BCUT2D eigenvalue weighted by Crippen LogP contribution is 2.50. The van der Waals surface area contributed by atoms with Crippen LogP contribution in [-0.4, -0.2) is 9.97 Å². The van der Waals surface area contributed by atoms with E-state index in [-0.39, 0.29) is 5.41 Å². The van der Waals surface area contributed by atoms with Gasteiger partial charge in [0, 0.05) is 42.3 Å². The monoisotopic (exact) mass is 732 g/mol. The lowest BCUT2D eigenvalue weighted by Crippen LogP contribution is -2.14. The molecule has 0 saturated heterocycles. The molecule has 2 nitrogen and oxygen atoms in total. The molecule has 0 aliphatic heterocycles. The Kier molecular flexibility index (Phi) is 7.42. The normalized spacial score (nSPS) is 13.0. The Morgan fingerprint density at radius 1 is 0.357 bits per heavy atom. The minimum absolute atomic E-state index is 0.0280. The van der Waals surface area contributed by atoms with Crippen LogP contribution in [0.25, 0.3) is 98.2 Å². The molecular weight excluding hydrogens is 697 g/mol. The van der Waals surface area contributed by atoms with Crippen LogP contribution in [0.4, 0.5) is 0 Å². The minimum atomic E-state index is -0.0280. The van der Waals surface area contributed by atoms with Gasteiger partial charge in [0.15, 0.2) is 5.82 Å². The van der Waals surface area contributed by atoms with E-state index in [4.69, 9.17) is 9.97 Å². The Morgan fingerprint density at radius 3 is 1.75 bits per heavy atom. The Labute approximate surface area is 330 Å². The first-order valence-corrected chi connectivity index (χ1v) is 20.0. The van der Waals surface area contributed by atoms with E-state index in [1.54, 1.807) is 0 Å². The van der Waals surface area contributed by atoms with Crippen LogP contribution < -0.4 is 0 Å². The first-order valence-electron chi connectivity index (χ1n) is 19.2. The summed E-state index contributed by atoms with van der Waals surface area (Å²) < 4.78 is 2.55. The van der Waals surface area contributed by atoms with E-state index in [2.05, 4.69) is 196 Å². The predicted octanol–water partition coefficient (Wildman–Crippen LogP) is 14.6. The van der Waals surface area contributed by atoms with Crippen molar-refractivity contribution in [3.63, 3.8) is 0 Å². The van der Waals surface area contributed by atoms with Crippen molar-refractivity contribution in [2.45, 2.75) is 19.3 Å². The maximum absolute atomic E-state index is 5.36. The number of fused-ring (bicyclic) bond motifs is 7. The van der Waals surface area contributed by atoms with Gasteiger partial charge in [-0.2, -0.15) is 0 Å². The van der Waals surface area contributed by atoms with E-state index in [1.807, 2.05) is 11.3 Å². The molecule has 1 aliphatic carbocycles. The van der Waals surface area contributed by atoms with Crippen molar-refractivity contribution in [2.75, 3.05) is 0 Å². The summed E-state index contributed by atoms with van der Waals surface area (Å²) in [5.41, 5.74) is 15.2. The van der Waals surface area contributed by atoms with Crippen molar-refractivity contribution in [3.05, 3.63) is 193 Å². The fourth-order valence-corrected chi connectivity index (χ4v) is 9.99. The van der Waals surface area contributed by atoms with Gasteiger partial charge in [0.05, 0.1) is 11.4 Å². The van der Waals surface area contributed by atoms with Crippen LogP contribution in [0.15, 0.2) is 182 Å². The van der Waals surface area contributed by atoms with Gasteiger partial charge < -0.3 is 0 Å². The summed E-state index contributed by atoms with van der Waals surface area (Å²) in [6, 6.07) is 65.9. The molecule has 0 unspecified atom stereocenters. The lowest BCUT2D eigenvalue weighted by atomic mass is 9.82. The Hall–Kier alpha value is -6.68. The molecule has 0 amide bonds. The highest BCUT2D eigenvalue weighted by Gasteiger charge is 2.35. The van der Waals surface area contributed by atoms with Gasteiger partial charge in [-0.05, 0) is 85.6 Å². The second-order valence-corrected chi connectivity index (χ2v) is 16.4. The molecule has 0 bridgehead atoms. The molecule has 0 fully saturated rings. The molecular formula is C53H36N2S. The third-order valence-corrected chi connectivity index (χ3v) is 12.9. The van der Waals surface area contributed by atoms with E-state index in [0.717, 1.165) is 33.5 Å². The first kappa shape index (κ1) is 32.7. The smallest absolute Gasteiger partial charge is 0.161 e. The van der Waals surface area contributed by atoms with Crippen molar-refractivity contribution >= 4 is 42.3 Å². The Bertz CT molecular complexity index is 3150. The van der Waals surface area contributed by atoms with Gasteiger partial charge in [-0.15, -0.1) is 11.3 Å². The topological polar surface area (TPSA) is 25.8 Å².